The van der Waals surface area contributed by atoms with Gasteiger partial charge < -0.3 is 5.32 Å². The summed E-state index contributed by atoms with van der Waals surface area (Å²) in [6.45, 7) is 1.90. The van der Waals surface area contributed by atoms with E-state index in [1.807, 2.05) is 0 Å². The van der Waals surface area contributed by atoms with Gasteiger partial charge in [-0.25, -0.2) is 4.79 Å². The summed E-state index contributed by atoms with van der Waals surface area (Å²) in [6, 6.07) is 5.18. The standard InChI is InChI=1S/C13H17F3N3O2/c14-13(15,16)12(20)21-19(8-3-5-17-7-9-19)10-11-4-1-2-6-18-11/h1-2,4,6,17H,3,5,7-10H2/q+1. The average Bonchev–Trinajstić information content (AvgIpc) is 2.64. The van der Waals surface area contributed by atoms with Crippen LogP contribution in [0.5, 0.6) is 0 Å². The number of quaternary nitrogens is 1. The zero-order chi connectivity index (χ0) is 15.3. The van der Waals surface area contributed by atoms with Gasteiger partial charge in [0.05, 0.1) is 5.69 Å². The fourth-order valence-electron chi connectivity index (χ4n) is 2.31. The smallest absolute Gasteiger partial charge is 0.311 e. The molecule has 0 spiro atoms. The van der Waals surface area contributed by atoms with E-state index in [0.29, 0.717) is 31.7 Å². The number of hydrogen-bond donors (Lipinski definition) is 1. The molecule has 8 heteroatoms. The molecule has 0 aromatic carbocycles. The number of nitrogens with zero attached hydrogens (tertiary/aromatic N) is 2. The second kappa shape index (κ2) is 6.40. The lowest BCUT2D eigenvalue weighted by molar-refractivity contribution is -1.10. The summed E-state index contributed by atoms with van der Waals surface area (Å²) in [5, 5.41) is 3.09. The molecular weight excluding hydrogens is 287 g/mol. The molecule has 116 valence electrons. The minimum Gasteiger partial charge on any atom is -0.311 e. The molecule has 1 unspecified atom stereocenters. The molecule has 0 radical (unpaired) electrons. The number of hydroxylamine groups is 3. The number of aromatic nitrogens is 1. The maximum Gasteiger partial charge on any atom is 0.497 e. The van der Waals surface area contributed by atoms with Crippen LogP contribution >= 0.6 is 0 Å². The predicted molar refractivity (Wildman–Crippen MR) is 67.6 cm³/mol. The Morgan fingerprint density at radius 1 is 1.33 bits per heavy atom. The Labute approximate surface area is 120 Å². The van der Waals surface area contributed by atoms with E-state index in [2.05, 4.69) is 10.3 Å². The van der Waals surface area contributed by atoms with Crippen LogP contribution in [0.2, 0.25) is 0 Å². The van der Waals surface area contributed by atoms with Crippen LogP contribution in [0.25, 0.3) is 0 Å². The summed E-state index contributed by atoms with van der Waals surface area (Å²) >= 11 is 0. The van der Waals surface area contributed by atoms with Crippen LogP contribution in [-0.2, 0) is 16.2 Å². The Hall–Kier alpha value is -1.67. The number of nitrogens with one attached hydrogen (secondary N) is 1. The maximum atomic E-state index is 12.5. The van der Waals surface area contributed by atoms with Gasteiger partial charge in [-0.05, 0) is 12.1 Å². The van der Waals surface area contributed by atoms with Gasteiger partial charge in [0, 0.05) is 25.7 Å². The topological polar surface area (TPSA) is 51.2 Å². The molecule has 1 atom stereocenters. The lowest BCUT2D eigenvalue weighted by Crippen LogP contribution is -2.52. The van der Waals surface area contributed by atoms with Crippen molar-refractivity contribution in [3.63, 3.8) is 0 Å². The van der Waals surface area contributed by atoms with Crippen LogP contribution in [0.1, 0.15) is 12.1 Å². The quantitative estimate of drug-likeness (QED) is 0.858. The van der Waals surface area contributed by atoms with Gasteiger partial charge in [0.1, 0.15) is 13.1 Å². The number of halogens is 3. The first-order valence-electron chi connectivity index (χ1n) is 6.69. The molecule has 1 aromatic heterocycles. The summed E-state index contributed by atoms with van der Waals surface area (Å²) in [6.07, 6.45) is -2.81. The van der Waals surface area contributed by atoms with E-state index in [0.717, 1.165) is 0 Å². The Bertz CT molecular complexity index is 471. The van der Waals surface area contributed by atoms with Crippen molar-refractivity contribution >= 4 is 5.97 Å². The Kier molecular flexibility index (Phi) is 4.79. The molecule has 1 N–H and O–H groups in total. The third-order valence-electron chi connectivity index (χ3n) is 3.30. The van der Waals surface area contributed by atoms with Crippen molar-refractivity contribution in [1.29, 1.82) is 0 Å². The molecule has 0 amide bonds. The number of rotatable bonds is 3. The van der Waals surface area contributed by atoms with Crippen molar-refractivity contribution in [2.75, 3.05) is 26.2 Å². The highest BCUT2D eigenvalue weighted by molar-refractivity contribution is 5.74. The zero-order valence-electron chi connectivity index (χ0n) is 11.4. The van der Waals surface area contributed by atoms with Gasteiger partial charge in [0.25, 0.3) is 0 Å². The van der Waals surface area contributed by atoms with Crippen LogP contribution in [0, 0.1) is 0 Å². The number of carbonyl (C=O) groups is 1. The number of alkyl halides is 3. The van der Waals surface area contributed by atoms with E-state index < -0.39 is 12.1 Å². The molecular formula is C13H17F3N3O2+. The third kappa shape index (κ3) is 4.40. The van der Waals surface area contributed by atoms with Crippen LogP contribution in [0.4, 0.5) is 13.2 Å². The fraction of sp³-hybridized carbons (Fsp3) is 0.538. The van der Waals surface area contributed by atoms with Crippen molar-refractivity contribution in [3.05, 3.63) is 30.1 Å². The first-order chi connectivity index (χ1) is 9.91. The van der Waals surface area contributed by atoms with Crippen molar-refractivity contribution in [2.24, 2.45) is 0 Å². The molecule has 1 fully saturated rings. The first-order valence-corrected chi connectivity index (χ1v) is 6.69. The van der Waals surface area contributed by atoms with Crippen molar-refractivity contribution in [3.8, 4) is 0 Å². The molecule has 0 aliphatic carbocycles. The third-order valence-corrected chi connectivity index (χ3v) is 3.30. The number of carbonyl (C=O) groups excluding carboxylic acids is 1. The first kappa shape index (κ1) is 15.7. The molecule has 1 aliphatic rings. The van der Waals surface area contributed by atoms with Crippen molar-refractivity contribution in [1.82, 2.24) is 10.3 Å². The van der Waals surface area contributed by atoms with E-state index in [4.69, 9.17) is 4.84 Å². The van der Waals surface area contributed by atoms with Gasteiger partial charge in [0.2, 0.25) is 0 Å². The van der Waals surface area contributed by atoms with E-state index in [1.165, 1.54) is 0 Å². The minimum atomic E-state index is -4.99. The van der Waals surface area contributed by atoms with Gasteiger partial charge >= 0.3 is 12.1 Å². The summed E-state index contributed by atoms with van der Waals surface area (Å²) in [7, 11) is 0. The molecule has 0 bridgehead atoms. The highest BCUT2D eigenvalue weighted by atomic mass is 19.4. The molecule has 0 saturated carbocycles. The predicted octanol–water partition coefficient (Wildman–Crippen LogP) is 1.41. The largest absolute Gasteiger partial charge is 0.497 e. The Morgan fingerprint density at radius 2 is 2.14 bits per heavy atom. The molecule has 1 aromatic rings. The summed E-state index contributed by atoms with van der Waals surface area (Å²) in [4.78, 5) is 20.2. The van der Waals surface area contributed by atoms with Crippen molar-refractivity contribution in [2.45, 2.75) is 19.1 Å². The monoisotopic (exact) mass is 304 g/mol. The van der Waals surface area contributed by atoms with Gasteiger partial charge in [-0.15, -0.1) is 4.65 Å². The average molecular weight is 304 g/mol. The molecule has 5 nitrogen and oxygen atoms in total. The molecule has 2 heterocycles. The van der Waals surface area contributed by atoms with Crippen LogP contribution in [-0.4, -0.2) is 48.0 Å². The Morgan fingerprint density at radius 3 is 2.81 bits per heavy atom. The zero-order valence-corrected chi connectivity index (χ0v) is 11.4. The molecule has 2 rings (SSSR count). The lowest BCUT2D eigenvalue weighted by atomic mass is 10.3. The normalized spacial score (nSPS) is 23.4. The SMILES string of the molecule is O=C(O[N+]1(Cc2ccccn2)CCCNCC1)C(F)(F)F. The Balaban J connectivity index is 2.19. The second-order valence-corrected chi connectivity index (χ2v) is 4.96. The van der Waals surface area contributed by atoms with Gasteiger partial charge in [-0.1, -0.05) is 6.07 Å². The van der Waals surface area contributed by atoms with Crippen LogP contribution < -0.4 is 5.32 Å². The second-order valence-electron chi connectivity index (χ2n) is 4.96. The number of hydrogen-bond acceptors (Lipinski definition) is 4. The highest BCUT2D eigenvalue weighted by Gasteiger charge is 2.48. The maximum absolute atomic E-state index is 12.5. The highest BCUT2D eigenvalue weighted by Crippen LogP contribution is 2.23. The summed E-state index contributed by atoms with van der Waals surface area (Å²) in [5.74, 6) is -2.15. The number of pyridine rings is 1. The molecule has 21 heavy (non-hydrogen) atoms. The molecule has 1 saturated heterocycles. The lowest BCUT2D eigenvalue weighted by Gasteiger charge is -2.33. The fourth-order valence-corrected chi connectivity index (χ4v) is 2.31. The van der Waals surface area contributed by atoms with Crippen molar-refractivity contribution < 1.29 is 27.4 Å². The van der Waals surface area contributed by atoms with Crippen LogP contribution in [0.3, 0.4) is 0 Å². The van der Waals surface area contributed by atoms with E-state index >= 15 is 0 Å². The van der Waals surface area contributed by atoms with E-state index in [-0.39, 0.29) is 17.7 Å². The van der Waals surface area contributed by atoms with Gasteiger partial charge in [-0.3, -0.25) is 9.82 Å². The minimum absolute atomic E-state index is 0.129. The van der Waals surface area contributed by atoms with E-state index in [1.54, 1.807) is 24.4 Å². The summed E-state index contributed by atoms with van der Waals surface area (Å²) in [5.41, 5.74) is 0.592. The van der Waals surface area contributed by atoms with Crippen LogP contribution in [0.15, 0.2) is 24.4 Å². The van der Waals surface area contributed by atoms with Gasteiger partial charge in [0.15, 0.2) is 6.54 Å². The summed E-state index contributed by atoms with van der Waals surface area (Å²) < 4.78 is 37.1. The van der Waals surface area contributed by atoms with E-state index in [9.17, 15) is 18.0 Å². The molecule has 1 aliphatic heterocycles. The van der Waals surface area contributed by atoms with Gasteiger partial charge in [-0.2, -0.15) is 13.2 Å².